The Morgan fingerprint density at radius 3 is 0.889 bits per heavy atom. The zero-order valence-corrected chi connectivity index (χ0v) is 32.2. The second-order valence-corrected chi connectivity index (χ2v) is 42.0. The van der Waals surface area contributed by atoms with Crippen molar-refractivity contribution in [2.75, 3.05) is 0 Å². The average molecular weight is 744 g/mol. The van der Waals surface area contributed by atoms with Crippen LogP contribution in [0.15, 0.2) is 24.3 Å². The number of hydrogen-bond acceptors (Lipinski definition) is 2. The number of unbranched alkanes of at least 4 members (excludes halogenated alkanes) is 6. The van der Waals surface area contributed by atoms with Crippen LogP contribution in [0, 0.1) is 0 Å². The van der Waals surface area contributed by atoms with Gasteiger partial charge in [-0.3, -0.25) is 0 Å². The summed E-state index contributed by atoms with van der Waals surface area (Å²) >= 11 is -0.139. The first-order valence-corrected chi connectivity index (χ1v) is 32.3. The Hall–Kier alpha value is 0.997. The number of rotatable bonds is 21. The zero-order chi connectivity index (χ0) is 26.3. The molecule has 0 bridgehead atoms. The molecule has 0 nitrogen and oxygen atoms in total. The summed E-state index contributed by atoms with van der Waals surface area (Å²) in [5, 5.41) is 0. The van der Waals surface area contributed by atoms with Crippen molar-refractivity contribution in [1.82, 2.24) is 0 Å². The van der Waals surface area contributed by atoms with Gasteiger partial charge in [-0.1, -0.05) is 0 Å². The summed E-state index contributed by atoms with van der Waals surface area (Å²) in [6.45, 7) is 14.4. The molecule has 0 aromatic carbocycles. The first kappa shape index (κ1) is 33.2. The molecule has 0 fully saturated rings. The maximum absolute atomic E-state index is 2.64. The van der Waals surface area contributed by atoms with Gasteiger partial charge >= 0.3 is 244 Å². The predicted molar refractivity (Wildman–Crippen MR) is 177 cm³/mol. The van der Waals surface area contributed by atoms with E-state index in [2.05, 4.69) is 88.5 Å². The van der Waals surface area contributed by atoms with E-state index in [0.717, 1.165) is 0 Å². The van der Waals surface area contributed by atoms with E-state index in [1.54, 1.807) is 36.4 Å². The topological polar surface area (TPSA) is 0 Å². The summed E-state index contributed by atoms with van der Waals surface area (Å²) in [6.07, 6.45) is 17.0. The van der Waals surface area contributed by atoms with E-state index in [0.29, 0.717) is 0 Å². The van der Waals surface area contributed by atoms with E-state index in [1.807, 2.05) is 5.79 Å². The SMILES string of the molecule is CCC[CH2][Sn]([CH2]CCC)([CH2]CCC)[c]1ccc(-c2cc[c]([Sn]([CH2]CCC)([CH2]CCC)[CH2]CCC)s2)s1. The Balaban J connectivity index is 2.41. The normalized spacial score (nSPS) is 12.5. The standard InChI is InChI=1S/C8H4S2.6C4H9.2Sn/c1-3-7(9-5-1)8-4-2-6-10-8;6*1-3-4-2;;/h1-4H;6*1,3-4H2,2H3;;. The molecule has 4 heteroatoms. The predicted octanol–water partition coefficient (Wildman–Crippen LogP) is 11.6. The summed E-state index contributed by atoms with van der Waals surface area (Å²) in [5.74, 6) is 0. The van der Waals surface area contributed by atoms with E-state index in [9.17, 15) is 0 Å². The van der Waals surface area contributed by atoms with Crippen LogP contribution in [0.2, 0.25) is 26.6 Å². The third kappa shape index (κ3) is 9.57. The molecule has 0 amide bonds. The molecule has 0 aliphatic heterocycles. The van der Waals surface area contributed by atoms with Gasteiger partial charge in [-0.05, 0) is 0 Å². The third-order valence-corrected chi connectivity index (χ3v) is 47.5. The summed E-state index contributed by atoms with van der Waals surface area (Å²) in [4.78, 5) is 3.21. The van der Waals surface area contributed by atoms with E-state index in [4.69, 9.17) is 0 Å². The molecule has 2 aromatic heterocycles. The quantitative estimate of drug-likeness (QED) is 0.112. The van der Waals surface area contributed by atoms with Crippen molar-refractivity contribution in [3.8, 4) is 9.75 Å². The Labute approximate surface area is 242 Å². The minimum atomic E-state index is -2.32. The van der Waals surface area contributed by atoms with Gasteiger partial charge in [0.1, 0.15) is 0 Å². The molecule has 2 heterocycles. The fourth-order valence-corrected chi connectivity index (χ4v) is 46.5. The molecule has 0 aliphatic rings. The molecule has 0 unspecified atom stereocenters. The van der Waals surface area contributed by atoms with Gasteiger partial charge in [0.15, 0.2) is 0 Å². The number of hydrogen-bond donors (Lipinski definition) is 0. The monoisotopic (exact) mass is 746 g/mol. The maximum atomic E-state index is 2.64. The van der Waals surface area contributed by atoms with Crippen LogP contribution >= 0.6 is 22.7 Å². The molecule has 0 N–H and O–H groups in total. The molecule has 2 rings (SSSR count). The molecule has 2 aromatic rings. The fourth-order valence-electron chi connectivity index (χ4n) is 6.09. The molecule has 0 saturated carbocycles. The van der Waals surface area contributed by atoms with Gasteiger partial charge in [0.05, 0.1) is 0 Å². The summed E-state index contributed by atoms with van der Waals surface area (Å²) in [6, 6.07) is 10.4. The fraction of sp³-hybridized carbons (Fsp3) is 0.750. The molecular weight excluding hydrogens is 686 g/mol. The van der Waals surface area contributed by atoms with Gasteiger partial charge in [0.2, 0.25) is 0 Å². The molecule has 0 radical (unpaired) electrons. The van der Waals surface area contributed by atoms with Crippen LogP contribution in [0.25, 0.3) is 9.75 Å². The summed E-state index contributed by atoms with van der Waals surface area (Å²) in [7, 11) is 0. The molecule has 206 valence electrons. The third-order valence-electron chi connectivity index (χ3n) is 8.55. The first-order valence-electron chi connectivity index (χ1n) is 15.8. The zero-order valence-electron chi connectivity index (χ0n) is 24.9. The number of thiophene rings is 2. The van der Waals surface area contributed by atoms with Crippen molar-refractivity contribution in [3.63, 3.8) is 0 Å². The molecule has 0 saturated heterocycles. The van der Waals surface area contributed by atoms with Gasteiger partial charge in [-0.2, -0.15) is 0 Å². The Kier molecular flexibility index (Phi) is 16.9. The molecule has 0 spiro atoms. The van der Waals surface area contributed by atoms with Crippen LogP contribution < -0.4 is 5.79 Å². The average Bonchev–Trinajstić information content (AvgIpc) is 3.59. The van der Waals surface area contributed by atoms with Crippen molar-refractivity contribution in [1.29, 1.82) is 0 Å². The van der Waals surface area contributed by atoms with E-state index >= 15 is 0 Å². The van der Waals surface area contributed by atoms with Crippen LogP contribution in [-0.2, 0) is 0 Å². The Morgan fingerprint density at radius 1 is 0.417 bits per heavy atom. The second kappa shape index (κ2) is 18.4. The van der Waals surface area contributed by atoms with Gasteiger partial charge in [0, 0.05) is 0 Å². The van der Waals surface area contributed by atoms with Crippen molar-refractivity contribution in [2.24, 2.45) is 0 Å². The van der Waals surface area contributed by atoms with Crippen LogP contribution in [0.1, 0.15) is 119 Å². The van der Waals surface area contributed by atoms with Gasteiger partial charge in [-0.15, -0.1) is 0 Å². The second-order valence-electron chi connectivity index (χ2n) is 11.5. The van der Waals surface area contributed by atoms with Crippen LogP contribution in [0.5, 0.6) is 0 Å². The molecule has 0 aliphatic carbocycles. The van der Waals surface area contributed by atoms with Gasteiger partial charge in [0.25, 0.3) is 0 Å². The van der Waals surface area contributed by atoms with Crippen molar-refractivity contribution in [2.45, 2.75) is 145 Å². The molecule has 36 heavy (non-hydrogen) atoms. The van der Waals surface area contributed by atoms with E-state index in [-0.39, 0.29) is 0 Å². The van der Waals surface area contributed by atoms with Crippen LogP contribution in [0.4, 0.5) is 0 Å². The molecule has 0 atom stereocenters. The minimum absolute atomic E-state index is 1.37. The summed E-state index contributed by atoms with van der Waals surface area (Å²) in [5.41, 5.74) is 0. The van der Waals surface area contributed by atoms with Crippen LogP contribution in [-0.4, -0.2) is 36.8 Å². The van der Waals surface area contributed by atoms with Gasteiger partial charge < -0.3 is 0 Å². The Morgan fingerprint density at radius 2 is 0.667 bits per heavy atom. The first-order chi connectivity index (χ1) is 17.5. The molecular formula is C32H58S2Sn2. The van der Waals surface area contributed by atoms with Crippen molar-refractivity contribution < 1.29 is 0 Å². The van der Waals surface area contributed by atoms with Crippen molar-refractivity contribution in [3.05, 3.63) is 24.3 Å². The van der Waals surface area contributed by atoms with Gasteiger partial charge in [-0.25, -0.2) is 0 Å². The van der Waals surface area contributed by atoms with Crippen LogP contribution in [0.3, 0.4) is 0 Å². The van der Waals surface area contributed by atoms with E-state index < -0.39 is 36.8 Å². The summed E-state index contributed by atoms with van der Waals surface area (Å²) < 4.78 is 13.3. The van der Waals surface area contributed by atoms with E-state index in [1.165, 1.54) is 77.0 Å². The van der Waals surface area contributed by atoms with Crippen molar-refractivity contribution >= 4 is 65.2 Å². The Bertz CT molecular complexity index is 710.